The molecule has 3 heterocycles. The second-order valence-electron chi connectivity index (χ2n) is 7.98. The van der Waals surface area contributed by atoms with Crippen LogP contribution in [0.2, 0.25) is 0 Å². The number of hydrogen-bond acceptors (Lipinski definition) is 6. The molecular formula is C22H25F3N6O2. The second-order valence-corrected chi connectivity index (χ2v) is 7.98. The van der Waals surface area contributed by atoms with Crippen molar-refractivity contribution in [2.45, 2.75) is 25.6 Å². The van der Waals surface area contributed by atoms with Crippen molar-refractivity contribution < 1.29 is 22.7 Å². The van der Waals surface area contributed by atoms with E-state index in [1.807, 2.05) is 40.1 Å². The maximum Gasteiger partial charge on any atom is 0.453 e. The lowest BCUT2D eigenvalue weighted by Gasteiger charge is -2.34. The molecule has 1 aliphatic rings. The normalized spacial score (nSPS) is 15.2. The average molecular weight is 462 g/mol. The smallest absolute Gasteiger partial charge is 0.383 e. The number of carbonyl (C=O) groups excluding carboxylic acids is 1. The molecule has 3 aromatic rings. The zero-order valence-corrected chi connectivity index (χ0v) is 18.2. The van der Waals surface area contributed by atoms with E-state index in [2.05, 4.69) is 15.3 Å². The van der Waals surface area contributed by atoms with E-state index in [1.54, 1.807) is 13.2 Å². The molecule has 0 N–H and O–H groups in total. The van der Waals surface area contributed by atoms with Crippen molar-refractivity contribution in [1.82, 2.24) is 24.7 Å². The molecule has 0 saturated carbocycles. The minimum absolute atomic E-state index is 0.0332. The molecule has 11 heteroatoms. The summed E-state index contributed by atoms with van der Waals surface area (Å²) in [7, 11) is 1.60. The fraction of sp³-hybridized carbons (Fsp3) is 0.455. The Bertz CT molecular complexity index is 1080. The highest BCUT2D eigenvalue weighted by molar-refractivity contribution is 5.79. The molecule has 176 valence electrons. The molecule has 0 atom stereocenters. The van der Waals surface area contributed by atoms with Gasteiger partial charge in [0, 0.05) is 39.2 Å². The summed E-state index contributed by atoms with van der Waals surface area (Å²) in [6, 6.07) is 12.9. The van der Waals surface area contributed by atoms with Gasteiger partial charge in [-0.25, -0.2) is 0 Å². The van der Waals surface area contributed by atoms with E-state index < -0.39 is 12.0 Å². The number of amides is 1. The highest BCUT2D eigenvalue weighted by Crippen LogP contribution is 2.29. The molecule has 0 radical (unpaired) electrons. The Morgan fingerprint density at radius 2 is 1.85 bits per heavy atom. The van der Waals surface area contributed by atoms with Crippen LogP contribution in [0.25, 0.3) is 5.65 Å². The Labute approximate surface area is 189 Å². The molecule has 1 aromatic carbocycles. The number of aromatic nitrogens is 4. The van der Waals surface area contributed by atoms with Crippen LogP contribution in [0.4, 0.5) is 19.0 Å². The quantitative estimate of drug-likeness (QED) is 0.537. The topological polar surface area (TPSA) is 75.9 Å². The van der Waals surface area contributed by atoms with Crippen molar-refractivity contribution in [3.8, 4) is 0 Å². The first-order valence-corrected chi connectivity index (χ1v) is 10.7. The largest absolute Gasteiger partial charge is 0.453 e. The van der Waals surface area contributed by atoms with Gasteiger partial charge in [-0.1, -0.05) is 30.3 Å². The van der Waals surface area contributed by atoms with Crippen LogP contribution in [0.3, 0.4) is 0 Å². The molecule has 4 rings (SSSR count). The number of halogens is 3. The maximum atomic E-state index is 13.2. The molecule has 1 saturated heterocycles. The summed E-state index contributed by atoms with van der Waals surface area (Å²) in [5, 5.41) is 10.9. The molecular weight excluding hydrogens is 437 g/mol. The number of anilines is 1. The number of methoxy groups -OCH3 is 1. The lowest BCUT2D eigenvalue weighted by molar-refractivity contribution is -0.146. The molecule has 1 aliphatic heterocycles. The fourth-order valence-corrected chi connectivity index (χ4v) is 4.01. The van der Waals surface area contributed by atoms with Gasteiger partial charge in [-0.2, -0.15) is 17.7 Å². The minimum atomic E-state index is -4.64. The molecule has 0 unspecified atom stereocenters. The van der Waals surface area contributed by atoms with Crippen LogP contribution in [0.15, 0.2) is 42.5 Å². The second kappa shape index (κ2) is 9.74. The number of hydrogen-bond donors (Lipinski definition) is 0. The molecule has 0 spiro atoms. The van der Waals surface area contributed by atoms with Gasteiger partial charge in [-0.05, 0) is 30.5 Å². The van der Waals surface area contributed by atoms with Crippen molar-refractivity contribution in [2.75, 3.05) is 38.3 Å². The Morgan fingerprint density at radius 1 is 1.12 bits per heavy atom. The van der Waals surface area contributed by atoms with Gasteiger partial charge in [0.2, 0.25) is 5.91 Å². The van der Waals surface area contributed by atoms with Crippen LogP contribution in [0.5, 0.6) is 0 Å². The van der Waals surface area contributed by atoms with Gasteiger partial charge in [0.25, 0.3) is 5.82 Å². The Balaban J connectivity index is 1.43. The first-order chi connectivity index (χ1) is 15.9. The van der Waals surface area contributed by atoms with Crippen LogP contribution in [0, 0.1) is 5.92 Å². The zero-order chi connectivity index (χ0) is 23.4. The predicted molar refractivity (Wildman–Crippen MR) is 114 cm³/mol. The van der Waals surface area contributed by atoms with Gasteiger partial charge in [-0.15, -0.1) is 15.3 Å². The highest BCUT2D eigenvalue weighted by atomic mass is 19.4. The minimum Gasteiger partial charge on any atom is -0.383 e. The van der Waals surface area contributed by atoms with E-state index in [9.17, 15) is 18.0 Å². The van der Waals surface area contributed by atoms with E-state index in [1.165, 1.54) is 6.07 Å². The van der Waals surface area contributed by atoms with Gasteiger partial charge >= 0.3 is 6.18 Å². The lowest BCUT2D eigenvalue weighted by atomic mass is 9.95. The van der Waals surface area contributed by atoms with Crippen LogP contribution in [0.1, 0.15) is 24.2 Å². The first-order valence-electron chi connectivity index (χ1n) is 10.7. The van der Waals surface area contributed by atoms with Crippen LogP contribution < -0.4 is 4.90 Å². The number of alkyl halides is 3. The molecule has 0 bridgehead atoms. The Hall–Kier alpha value is -3.21. The van der Waals surface area contributed by atoms with Crippen molar-refractivity contribution >= 4 is 17.4 Å². The van der Waals surface area contributed by atoms with Gasteiger partial charge in [0.15, 0.2) is 5.65 Å². The van der Waals surface area contributed by atoms with E-state index >= 15 is 0 Å². The van der Waals surface area contributed by atoms with Crippen molar-refractivity contribution in [3.63, 3.8) is 0 Å². The van der Waals surface area contributed by atoms with Gasteiger partial charge < -0.3 is 14.5 Å². The van der Waals surface area contributed by atoms with Crippen molar-refractivity contribution in [2.24, 2.45) is 5.92 Å². The maximum absolute atomic E-state index is 13.2. The number of carbonyl (C=O) groups is 1. The van der Waals surface area contributed by atoms with Crippen LogP contribution in [-0.4, -0.2) is 64.0 Å². The summed E-state index contributed by atoms with van der Waals surface area (Å²) in [6.07, 6.45) is -3.47. The van der Waals surface area contributed by atoms with Crippen LogP contribution in [-0.2, 0) is 22.3 Å². The number of rotatable bonds is 7. The van der Waals surface area contributed by atoms with E-state index in [0.29, 0.717) is 51.4 Å². The van der Waals surface area contributed by atoms with Crippen molar-refractivity contribution in [3.05, 3.63) is 53.9 Å². The SMILES string of the molecule is COCCN(Cc1ccccc1)C(=O)C1CCN(c2ccc3nnc(C(F)(F)F)n3n2)CC1. The zero-order valence-electron chi connectivity index (χ0n) is 18.2. The number of piperidine rings is 1. The number of ether oxygens (including phenoxy) is 1. The molecule has 33 heavy (non-hydrogen) atoms. The molecule has 8 nitrogen and oxygen atoms in total. The summed E-state index contributed by atoms with van der Waals surface area (Å²) < 4.78 is 45.4. The molecule has 1 fully saturated rings. The number of fused-ring (bicyclic) bond motifs is 1. The summed E-state index contributed by atoms with van der Waals surface area (Å²) in [5.74, 6) is -0.846. The third-order valence-electron chi connectivity index (χ3n) is 5.76. The van der Waals surface area contributed by atoms with Gasteiger partial charge in [-0.3, -0.25) is 4.79 Å². The predicted octanol–water partition coefficient (Wildman–Crippen LogP) is 3.03. The monoisotopic (exact) mass is 462 g/mol. The summed E-state index contributed by atoms with van der Waals surface area (Å²) in [4.78, 5) is 16.9. The molecule has 2 aromatic heterocycles. The van der Waals surface area contributed by atoms with Crippen molar-refractivity contribution in [1.29, 1.82) is 0 Å². The van der Waals surface area contributed by atoms with Gasteiger partial charge in [0.05, 0.1) is 6.61 Å². The summed E-state index contributed by atoms with van der Waals surface area (Å²) in [5.41, 5.74) is 1.08. The third kappa shape index (κ3) is 5.24. The number of nitrogens with zero attached hydrogens (tertiary/aromatic N) is 6. The summed E-state index contributed by atoms with van der Waals surface area (Å²) >= 11 is 0. The highest BCUT2D eigenvalue weighted by Gasteiger charge is 2.38. The molecule has 1 amide bonds. The van der Waals surface area contributed by atoms with E-state index in [4.69, 9.17) is 4.74 Å². The Morgan fingerprint density at radius 3 is 2.52 bits per heavy atom. The standard InChI is InChI=1S/C22H25F3N6O2/c1-33-14-13-30(15-16-5-3-2-4-6-16)20(32)17-9-11-29(12-10-17)19-8-7-18-26-27-21(22(23,24)25)31(18)28-19/h2-8,17H,9-15H2,1H3. The number of benzene rings is 1. The first kappa shape index (κ1) is 23.0. The molecule has 0 aliphatic carbocycles. The van der Waals surface area contributed by atoms with Gasteiger partial charge in [0.1, 0.15) is 5.82 Å². The third-order valence-corrected chi connectivity index (χ3v) is 5.76. The van der Waals surface area contributed by atoms with E-state index in [0.717, 1.165) is 10.1 Å². The Kier molecular flexibility index (Phi) is 6.77. The van der Waals surface area contributed by atoms with Crippen LogP contribution >= 0.6 is 0 Å². The fourth-order valence-electron chi connectivity index (χ4n) is 4.01. The average Bonchev–Trinajstić information content (AvgIpc) is 3.26. The van der Waals surface area contributed by atoms with E-state index in [-0.39, 0.29) is 17.5 Å². The summed E-state index contributed by atoms with van der Waals surface area (Å²) in [6.45, 7) is 2.48. The lowest BCUT2D eigenvalue weighted by Crippen LogP contribution is -2.43.